The van der Waals surface area contributed by atoms with Crippen molar-refractivity contribution in [2.24, 2.45) is 12.0 Å². The van der Waals surface area contributed by atoms with Crippen LogP contribution in [-0.2, 0) is 12.8 Å². The molecular formula is C13H19N3S. The van der Waals surface area contributed by atoms with Crippen molar-refractivity contribution in [2.75, 3.05) is 0 Å². The molecule has 4 heteroatoms. The Morgan fingerprint density at radius 2 is 2.24 bits per heavy atom. The summed E-state index contributed by atoms with van der Waals surface area (Å²) in [5.74, 6) is 0.895. The molecule has 0 amide bonds. The van der Waals surface area contributed by atoms with E-state index in [2.05, 4.69) is 16.6 Å². The molecule has 0 spiro atoms. The van der Waals surface area contributed by atoms with Crippen LogP contribution >= 0.6 is 11.8 Å². The minimum atomic E-state index is 0.895. The van der Waals surface area contributed by atoms with Gasteiger partial charge in [-0.15, -0.1) is 11.8 Å². The van der Waals surface area contributed by atoms with Crippen LogP contribution in [0.5, 0.6) is 0 Å². The van der Waals surface area contributed by atoms with E-state index in [1.54, 1.807) is 11.8 Å². The molecule has 0 unspecified atom stereocenters. The zero-order valence-electron chi connectivity index (χ0n) is 10.9. The molecule has 3 nitrogen and oxygen atoms in total. The Bertz CT molecular complexity index is 455. The largest absolute Gasteiger partial charge is 0.337 e. The molecule has 0 saturated carbocycles. The van der Waals surface area contributed by atoms with E-state index in [0.717, 1.165) is 22.1 Å². The highest BCUT2D eigenvalue weighted by Crippen LogP contribution is 2.14. The molecule has 0 aliphatic rings. The Morgan fingerprint density at radius 3 is 2.76 bits per heavy atom. The number of imidazole rings is 1. The van der Waals surface area contributed by atoms with E-state index >= 15 is 0 Å². The summed E-state index contributed by atoms with van der Waals surface area (Å²) in [5, 5.41) is 1.06. The summed E-state index contributed by atoms with van der Waals surface area (Å²) in [7, 11) is 2.00. The second-order valence-corrected chi connectivity index (χ2v) is 5.22. The van der Waals surface area contributed by atoms with Crippen molar-refractivity contribution in [3.63, 3.8) is 0 Å². The molecule has 0 bridgehead atoms. The molecule has 0 saturated heterocycles. The Balaban J connectivity index is 2.55. The van der Waals surface area contributed by atoms with Gasteiger partial charge in [0, 0.05) is 30.4 Å². The van der Waals surface area contributed by atoms with Gasteiger partial charge in [-0.2, -0.15) is 0 Å². The molecule has 0 N–H and O–H groups in total. The van der Waals surface area contributed by atoms with Crippen LogP contribution in [0.25, 0.3) is 0 Å². The summed E-state index contributed by atoms with van der Waals surface area (Å²) >= 11 is 1.72. The summed E-state index contributed by atoms with van der Waals surface area (Å²) in [6.45, 7) is 9.82. The zero-order valence-corrected chi connectivity index (χ0v) is 11.7. The number of rotatable bonds is 4. The molecule has 1 rings (SSSR count). The molecule has 92 valence electrons. The number of hydrogen-bond acceptors (Lipinski definition) is 3. The fourth-order valence-corrected chi connectivity index (χ4v) is 2.22. The van der Waals surface area contributed by atoms with Crippen LogP contribution in [0, 0.1) is 0 Å². The maximum absolute atomic E-state index is 4.50. The lowest BCUT2D eigenvalue weighted by Crippen LogP contribution is -1.94. The summed E-state index contributed by atoms with van der Waals surface area (Å²) in [6, 6.07) is 0. The summed E-state index contributed by atoms with van der Waals surface area (Å²) in [6.07, 6.45) is 5.68. The first-order valence-electron chi connectivity index (χ1n) is 5.46. The van der Waals surface area contributed by atoms with Gasteiger partial charge in [0.2, 0.25) is 0 Å². The van der Waals surface area contributed by atoms with Crippen molar-refractivity contribution in [1.82, 2.24) is 9.55 Å². The molecule has 0 radical (unpaired) electrons. The van der Waals surface area contributed by atoms with E-state index in [1.807, 2.05) is 51.0 Å². The van der Waals surface area contributed by atoms with Gasteiger partial charge in [-0.3, -0.25) is 4.99 Å². The van der Waals surface area contributed by atoms with E-state index in [0.29, 0.717) is 0 Å². The molecule has 0 atom stereocenters. The maximum Gasteiger partial charge on any atom is 0.0945 e. The predicted octanol–water partition coefficient (Wildman–Crippen LogP) is 3.55. The van der Waals surface area contributed by atoms with Crippen LogP contribution in [0.4, 0.5) is 0 Å². The third-order valence-corrected chi connectivity index (χ3v) is 3.08. The molecule has 0 aliphatic heterocycles. The standard InChI is InChI=1S/C13H19N3S/c1-10(2)6-11(3)15-12(4)17-8-13-7-14-9-16(13)5/h6-7,9H,1,8H2,2-5H3/b11-6-,15-12?. The Kier molecular flexibility index (Phi) is 5.22. The molecule has 0 aliphatic carbocycles. The second kappa shape index (κ2) is 6.45. The average Bonchev–Trinajstić information content (AvgIpc) is 2.59. The van der Waals surface area contributed by atoms with Crippen LogP contribution in [0.15, 0.2) is 41.4 Å². The molecule has 17 heavy (non-hydrogen) atoms. The summed E-state index contributed by atoms with van der Waals surface area (Å²) in [5.41, 5.74) is 3.22. The highest BCUT2D eigenvalue weighted by atomic mass is 32.2. The maximum atomic E-state index is 4.50. The number of nitrogens with zero attached hydrogens (tertiary/aromatic N) is 3. The third-order valence-electron chi connectivity index (χ3n) is 2.13. The van der Waals surface area contributed by atoms with Crippen molar-refractivity contribution < 1.29 is 0 Å². The number of aryl methyl sites for hydroxylation is 1. The van der Waals surface area contributed by atoms with E-state index in [4.69, 9.17) is 0 Å². The molecule has 1 heterocycles. The lowest BCUT2D eigenvalue weighted by molar-refractivity contribution is 0.868. The Morgan fingerprint density at radius 1 is 1.53 bits per heavy atom. The smallest absolute Gasteiger partial charge is 0.0945 e. The lowest BCUT2D eigenvalue weighted by Gasteiger charge is -2.02. The summed E-state index contributed by atoms with van der Waals surface area (Å²) < 4.78 is 2.02. The fourth-order valence-electron chi connectivity index (χ4n) is 1.37. The van der Waals surface area contributed by atoms with Crippen molar-refractivity contribution in [3.05, 3.63) is 42.1 Å². The van der Waals surface area contributed by atoms with Gasteiger partial charge in [-0.1, -0.05) is 12.2 Å². The second-order valence-electron chi connectivity index (χ2n) is 4.05. The van der Waals surface area contributed by atoms with Gasteiger partial charge in [-0.05, 0) is 26.8 Å². The van der Waals surface area contributed by atoms with Crippen molar-refractivity contribution in [1.29, 1.82) is 0 Å². The Labute approximate surface area is 107 Å². The van der Waals surface area contributed by atoms with Gasteiger partial charge in [0.15, 0.2) is 0 Å². The minimum absolute atomic E-state index is 0.895. The summed E-state index contributed by atoms with van der Waals surface area (Å²) in [4.78, 5) is 8.58. The van der Waals surface area contributed by atoms with E-state index in [-0.39, 0.29) is 0 Å². The first-order valence-corrected chi connectivity index (χ1v) is 6.44. The normalized spacial score (nSPS) is 12.9. The number of aromatic nitrogens is 2. The Hall–Kier alpha value is -1.29. The molecule has 0 fully saturated rings. The van der Waals surface area contributed by atoms with Gasteiger partial charge in [0.25, 0.3) is 0 Å². The van der Waals surface area contributed by atoms with Gasteiger partial charge >= 0.3 is 0 Å². The molecular weight excluding hydrogens is 230 g/mol. The van der Waals surface area contributed by atoms with Gasteiger partial charge in [0.1, 0.15) is 0 Å². The highest BCUT2D eigenvalue weighted by molar-refractivity contribution is 8.13. The van der Waals surface area contributed by atoms with Crippen molar-refractivity contribution >= 4 is 16.8 Å². The lowest BCUT2D eigenvalue weighted by atomic mass is 10.3. The van der Waals surface area contributed by atoms with Crippen LogP contribution in [0.1, 0.15) is 26.5 Å². The number of aliphatic imine (C=N–C) groups is 1. The number of hydrogen-bond donors (Lipinski definition) is 0. The predicted molar refractivity (Wildman–Crippen MR) is 76.2 cm³/mol. The average molecular weight is 249 g/mol. The van der Waals surface area contributed by atoms with Crippen LogP contribution in [0.2, 0.25) is 0 Å². The quantitative estimate of drug-likeness (QED) is 0.464. The zero-order chi connectivity index (χ0) is 12.8. The SMILES string of the molecule is C=C(C)/C=C(/C)N=C(C)SCc1cncn1C. The third kappa shape index (κ3) is 5.04. The van der Waals surface area contributed by atoms with Gasteiger partial charge in [0.05, 0.1) is 11.4 Å². The number of thioether (sulfide) groups is 1. The first kappa shape index (κ1) is 13.8. The van der Waals surface area contributed by atoms with Crippen molar-refractivity contribution in [3.8, 4) is 0 Å². The van der Waals surface area contributed by atoms with Crippen LogP contribution in [-0.4, -0.2) is 14.6 Å². The van der Waals surface area contributed by atoms with Gasteiger partial charge in [-0.25, -0.2) is 4.98 Å². The van der Waals surface area contributed by atoms with Crippen LogP contribution < -0.4 is 0 Å². The van der Waals surface area contributed by atoms with Gasteiger partial charge < -0.3 is 4.57 Å². The monoisotopic (exact) mass is 249 g/mol. The first-order chi connectivity index (χ1) is 7.99. The van der Waals surface area contributed by atoms with E-state index in [9.17, 15) is 0 Å². The molecule has 1 aromatic heterocycles. The van der Waals surface area contributed by atoms with Crippen molar-refractivity contribution in [2.45, 2.75) is 26.5 Å². The minimum Gasteiger partial charge on any atom is -0.337 e. The fraction of sp³-hybridized carbons (Fsp3) is 0.385. The number of allylic oxidation sites excluding steroid dienone is 3. The highest BCUT2D eigenvalue weighted by Gasteiger charge is 2.00. The van der Waals surface area contributed by atoms with E-state index in [1.165, 1.54) is 5.69 Å². The molecule has 0 aromatic carbocycles. The van der Waals surface area contributed by atoms with E-state index < -0.39 is 0 Å². The molecule has 1 aromatic rings. The topological polar surface area (TPSA) is 30.2 Å². The van der Waals surface area contributed by atoms with Crippen LogP contribution in [0.3, 0.4) is 0 Å².